The van der Waals surface area contributed by atoms with E-state index in [0.29, 0.717) is 17.3 Å². The van der Waals surface area contributed by atoms with E-state index in [1.54, 1.807) is 24.3 Å². The Bertz CT molecular complexity index is 789. The molecule has 4 nitrogen and oxygen atoms in total. The molecule has 0 unspecified atom stereocenters. The molecule has 1 heterocycles. The lowest BCUT2D eigenvalue weighted by Crippen LogP contribution is -1.99. The molecule has 0 bridgehead atoms. The lowest BCUT2D eigenvalue weighted by atomic mass is 10.2. The highest BCUT2D eigenvalue weighted by Gasteiger charge is 2.04. The van der Waals surface area contributed by atoms with Crippen LogP contribution in [0, 0.1) is 12.7 Å². The summed E-state index contributed by atoms with van der Waals surface area (Å²) >= 11 is 0. The van der Waals surface area contributed by atoms with Gasteiger partial charge in [-0.05, 0) is 36.8 Å². The van der Waals surface area contributed by atoms with Crippen molar-refractivity contribution >= 4 is 23.0 Å². The van der Waals surface area contributed by atoms with Gasteiger partial charge in [-0.3, -0.25) is 0 Å². The number of hydrogen-bond acceptors (Lipinski definition) is 4. The maximum Gasteiger partial charge on any atom is 0.146 e. The molecule has 2 aromatic carbocycles. The van der Waals surface area contributed by atoms with Gasteiger partial charge in [0.25, 0.3) is 0 Å². The first kappa shape index (κ1) is 14.0. The second kappa shape index (κ2) is 6.22. The quantitative estimate of drug-likeness (QED) is 0.748. The number of nitrogens with zero attached hydrogens (tertiary/aromatic N) is 2. The Hall–Kier alpha value is -2.95. The molecule has 110 valence electrons. The average molecular weight is 294 g/mol. The Labute approximate surface area is 128 Å². The van der Waals surface area contributed by atoms with E-state index in [0.717, 1.165) is 11.3 Å². The number of aromatic nitrogens is 2. The van der Waals surface area contributed by atoms with Gasteiger partial charge in [0, 0.05) is 11.8 Å². The Morgan fingerprint density at radius 1 is 0.864 bits per heavy atom. The second-order valence-corrected chi connectivity index (χ2v) is 4.89. The van der Waals surface area contributed by atoms with Crippen LogP contribution in [0.2, 0.25) is 0 Å². The van der Waals surface area contributed by atoms with E-state index in [4.69, 9.17) is 0 Å². The van der Waals surface area contributed by atoms with Crippen LogP contribution in [-0.4, -0.2) is 9.97 Å². The molecule has 0 amide bonds. The third-order valence-electron chi connectivity index (χ3n) is 3.09. The van der Waals surface area contributed by atoms with Gasteiger partial charge in [-0.25, -0.2) is 14.4 Å². The molecule has 0 atom stereocenters. The van der Waals surface area contributed by atoms with E-state index in [-0.39, 0.29) is 5.82 Å². The Balaban J connectivity index is 1.79. The van der Waals surface area contributed by atoms with E-state index in [2.05, 4.69) is 20.6 Å². The summed E-state index contributed by atoms with van der Waals surface area (Å²) in [6, 6.07) is 16.2. The normalized spacial score (nSPS) is 10.3. The predicted octanol–water partition coefficient (Wildman–Crippen LogP) is 4.41. The predicted molar refractivity (Wildman–Crippen MR) is 86.2 cm³/mol. The Morgan fingerprint density at radius 2 is 1.64 bits per heavy atom. The van der Waals surface area contributed by atoms with Crippen LogP contribution in [0.3, 0.4) is 0 Å². The number of hydrogen-bond donors (Lipinski definition) is 2. The van der Waals surface area contributed by atoms with Gasteiger partial charge < -0.3 is 10.6 Å². The largest absolute Gasteiger partial charge is 0.340 e. The van der Waals surface area contributed by atoms with Crippen molar-refractivity contribution in [3.05, 3.63) is 72.3 Å². The lowest BCUT2D eigenvalue weighted by Gasteiger charge is -2.09. The average Bonchev–Trinajstić information content (AvgIpc) is 2.50. The van der Waals surface area contributed by atoms with E-state index in [1.807, 2.05) is 31.2 Å². The molecule has 1 aromatic heterocycles. The van der Waals surface area contributed by atoms with Crippen molar-refractivity contribution in [1.82, 2.24) is 9.97 Å². The first-order valence-corrected chi connectivity index (χ1v) is 6.88. The molecule has 0 radical (unpaired) electrons. The SMILES string of the molecule is Cc1cccc(Nc2cc(Nc3ccccc3F)ncn2)c1. The van der Waals surface area contributed by atoms with Crippen LogP contribution in [0.5, 0.6) is 0 Å². The number of anilines is 4. The van der Waals surface area contributed by atoms with Crippen LogP contribution >= 0.6 is 0 Å². The number of nitrogens with one attached hydrogen (secondary N) is 2. The van der Waals surface area contributed by atoms with E-state index in [9.17, 15) is 4.39 Å². The maximum atomic E-state index is 13.6. The van der Waals surface area contributed by atoms with Crippen molar-refractivity contribution in [2.24, 2.45) is 0 Å². The fourth-order valence-electron chi connectivity index (χ4n) is 2.07. The van der Waals surface area contributed by atoms with Crippen molar-refractivity contribution in [1.29, 1.82) is 0 Å². The summed E-state index contributed by atoms with van der Waals surface area (Å²) in [5.74, 6) is 0.837. The second-order valence-electron chi connectivity index (χ2n) is 4.89. The first-order valence-electron chi connectivity index (χ1n) is 6.88. The zero-order valence-electron chi connectivity index (χ0n) is 12.0. The molecule has 0 fully saturated rings. The van der Waals surface area contributed by atoms with Crippen molar-refractivity contribution in [2.75, 3.05) is 10.6 Å². The smallest absolute Gasteiger partial charge is 0.146 e. The summed E-state index contributed by atoms with van der Waals surface area (Å²) < 4.78 is 13.6. The third-order valence-corrected chi connectivity index (χ3v) is 3.09. The number of benzene rings is 2. The van der Waals surface area contributed by atoms with Crippen LogP contribution in [0.15, 0.2) is 60.9 Å². The minimum atomic E-state index is -0.325. The zero-order valence-corrected chi connectivity index (χ0v) is 12.0. The van der Waals surface area contributed by atoms with Crippen molar-refractivity contribution in [3.8, 4) is 0 Å². The molecule has 2 N–H and O–H groups in total. The number of halogens is 1. The molecular weight excluding hydrogens is 279 g/mol. The summed E-state index contributed by atoms with van der Waals surface area (Å²) in [7, 11) is 0. The minimum Gasteiger partial charge on any atom is -0.340 e. The van der Waals surface area contributed by atoms with Gasteiger partial charge in [-0.1, -0.05) is 24.3 Å². The molecule has 3 rings (SSSR count). The molecule has 5 heteroatoms. The van der Waals surface area contributed by atoms with Crippen LogP contribution in [0.1, 0.15) is 5.56 Å². The maximum absolute atomic E-state index is 13.6. The van der Waals surface area contributed by atoms with Crippen LogP contribution < -0.4 is 10.6 Å². The van der Waals surface area contributed by atoms with Crippen molar-refractivity contribution in [3.63, 3.8) is 0 Å². The number of aryl methyl sites for hydroxylation is 1. The summed E-state index contributed by atoms with van der Waals surface area (Å²) in [5, 5.41) is 6.14. The van der Waals surface area contributed by atoms with Crippen molar-refractivity contribution < 1.29 is 4.39 Å². The first-order chi connectivity index (χ1) is 10.7. The molecule has 0 aliphatic rings. The van der Waals surface area contributed by atoms with Gasteiger partial charge >= 0.3 is 0 Å². The standard InChI is InChI=1S/C17H15FN4/c1-12-5-4-6-13(9-12)21-16-10-17(20-11-19-16)22-15-8-3-2-7-14(15)18/h2-11H,1H3,(H2,19,20,21,22). The summed E-state index contributed by atoms with van der Waals surface area (Å²) in [4.78, 5) is 8.28. The van der Waals surface area contributed by atoms with Gasteiger partial charge in [-0.2, -0.15) is 0 Å². The van der Waals surface area contributed by atoms with Gasteiger partial charge in [-0.15, -0.1) is 0 Å². The molecular formula is C17H15FN4. The molecule has 0 saturated heterocycles. The monoisotopic (exact) mass is 294 g/mol. The highest BCUT2D eigenvalue weighted by molar-refractivity contribution is 5.63. The van der Waals surface area contributed by atoms with Crippen LogP contribution in [0.25, 0.3) is 0 Å². The summed E-state index contributed by atoms with van der Waals surface area (Å²) in [6.45, 7) is 2.02. The molecule has 22 heavy (non-hydrogen) atoms. The van der Waals surface area contributed by atoms with Crippen LogP contribution in [-0.2, 0) is 0 Å². The molecule has 0 aliphatic heterocycles. The lowest BCUT2D eigenvalue weighted by molar-refractivity contribution is 0.632. The Morgan fingerprint density at radius 3 is 2.41 bits per heavy atom. The summed E-state index contributed by atoms with van der Waals surface area (Å²) in [6.07, 6.45) is 1.43. The van der Waals surface area contributed by atoms with Gasteiger partial charge in [0.15, 0.2) is 0 Å². The highest BCUT2D eigenvalue weighted by atomic mass is 19.1. The van der Waals surface area contributed by atoms with E-state index < -0.39 is 0 Å². The zero-order chi connectivity index (χ0) is 15.4. The van der Waals surface area contributed by atoms with Crippen molar-refractivity contribution in [2.45, 2.75) is 6.92 Å². The van der Waals surface area contributed by atoms with Gasteiger partial charge in [0.05, 0.1) is 5.69 Å². The fourth-order valence-corrected chi connectivity index (χ4v) is 2.07. The highest BCUT2D eigenvalue weighted by Crippen LogP contribution is 2.21. The molecule has 0 spiro atoms. The Kier molecular flexibility index (Phi) is 3.96. The number of para-hydroxylation sites is 1. The van der Waals surface area contributed by atoms with Gasteiger partial charge in [0.2, 0.25) is 0 Å². The third kappa shape index (κ3) is 3.38. The fraction of sp³-hybridized carbons (Fsp3) is 0.0588. The topological polar surface area (TPSA) is 49.8 Å². The molecule has 0 saturated carbocycles. The minimum absolute atomic E-state index is 0.325. The summed E-state index contributed by atoms with van der Waals surface area (Å²) in [5.41, 5.74) is 2.47. The van der Waals surface area contributed by atoms with Crippen LogP contribution in [0.4, 0.5) is 27.4 Å². The van der Waals surface area contributed by atoms with E-state index >= 15 is 0 Å². The number of rotatable bonds is 4. The van der Waals surface area contributed by atoms with Gasteiger partial charge in [0.1, 0.15) is 23.8 Å². The molecule has 3 aromatic rings. The van der Waals surface area contributed by atoms with E-state index in [1.165, 1.54) is 12.4 Å². The molecule has 0 aliphatic carbocycles.